The lowest BCUT2D eigenvalue weighted by molar-refractivity contribution is -0.140. The Kier molecular flexibility index (Phi) is 4.31. The molecule has 0 N–H and O–H groups in total. The Morgan fingerprint density at radius 1 is 1.06 bits per heavy atom. The van der Waals surface area contributed by atoms with E-state index in [1.807, 2.05) is 20.8 Å². The average Bonchev–Trinajstić information content (AvgIpc) is 2.81. The minimum atomic E-state index is -0.220. The molecule has 3 nitrogen and oxygen atoms in total. The van der Waals surface area contributed by atoms with E-state index in [2.05, 4.69) is 9.80 Å². The first kappa shape index (κ1) is 13.9. The van der Waals surface area contributed by atoms with Gasteiger partial charge in [-0.2, -0.15) is 0 Å². The fourth-order valence-electron chi connectivity index (χ4n) is 3.12. The van der Waals surface area contributed by atoms with Gasteiger partial charge < -0.3 is 9.80 Å². The third kappa shape index (κ3) is 3.47. The monoisotopic (exact) mass is 252 g/mol. The highest BCUT2D eigenvalue weighted by molar-refractivity contribution is 5.81. The quantitative estimate of drug-likeness (QED) is 0.753. The predicted molar refractivity (Wildman–Crippen MR) is 74.4 cm³/mol. The second-order valence-corrected chi connectivity index (χ2v) is 6.99. The van der Waals surface area contributed by atoms with E-state index in [-0.39, 0.29) is 5.41 Å². The van der Waals surface area contributed by atoms with Crippen LogP contribution in [0, 0.1) is 11.3 Å². The maximum atomic E-state index is 12.2. The number of carbonyl (C=O) groups is 1. The summed E-state index contributed by atoms with van der Waals surface area (Å²) < 4.78 is 0. The highest BCUT2D eigenvalue weighted by Crippen LogP contribution is 2.24. The summed E-state index contributed by atoms with van der Waals surface area (Å²) in [4.78, 5) is 16.9. The lowest BCUT2D eigenvalue weighted by atomic mass is 9.91. The molecule has 0 spiro atoms. The van der Waals surface area contributed by atoms with Crippen molar-refractivity contribution in [3.63, 3.8) is 0 Å². The molecule has 0 unspecified atom stereocenters. The van der Waals surface area contributed by atoms with Crippen molar-refractivity contribution in [1.82, 2.24) is 9.80 Å². The molecule has 0 radical (unpaired) electrons. The van der Waals surface area contributed by atoms with Crippen molar-refractivity contribution < 1.29 is 4.79 Å². The summed E-state index contributed by atoms with van der Waals surface area (Å²) in [6.07, 6.45) is 5.14. The second kappa shape index (κ2) is 5.60. The number of carbonyl (C=O) groups excluding carboxylic acids is 1. The SMILES string of the molecule is CC(C)(C)C(=O)N1CCC(CN2CCCC2)CC1. The average molecular weight is 252 g/mol. The third-order valence-corrected chi connectivity index (χ3v) is 4.26. The van der Waals surface area contributed by atoms with Gasteiger partial charge in [-0.3, -0.25) is 4.79 Å². The first-order chi connectivity index (χ1) is 8.47. The standard InChI is InChI=1S/C15H28N2O/c1-15(2,3)14(18)17-10-6-13(7-11-17)12-16-8-4-5-9-16/h13H,4-12H2,1-3H3. The molecule has 1 amide bonds. The Labute approximate surface area is 112 Å². The molecule has 2 aliphatic rings. The maximum Gasteiger partial charge on any atom is 0.227 e. The summed E-state index contributed by atoms with van der Waals surface area (Å²) in [5.74, 6) is 1.13. The fraction of sp³-hybridized carbons (Fsp3) is 0.933. The molecular formula is C15H28N2O. The van der Waals surface area contributed by atoms with E-state index >= 15 is 0 Å². The van der Waals surface area contributed by atoms with Crippen molar-refractivity contribution in [2.45, 2.75) is 46.5 Å². The molecule has 2 saturated heterocycles. The van der Waals surface area contributed by atoms with Gasteiger partial charge in [0.2, 0.25) is 5.91 Å². The van der Waals surface area contributed by atoms with Crippen LogP contribution in [0.3, 0.4) is 0 Å². The minimum Gasteiger partial charge on any atom is -0.342 e. The molecule has 3 heteroatoms. The van der Waals surface area contributed by atoms with Gasteiger partial charge >= 0.3 is 0 Å². The Morgan fingerprint density at radius 2 is 1.61 bits per heavy atom. The molecular weight excluding hydrogens is 224 g/mol. The molecule has 0 saturated carbocycles. The summed E-state index contributed by atoms with van der Waals surface area (Å²) in [5.41, 5.74) is -0.220. The van der Waals surface area contributed by atoms with Crippen LogP contribution in [-0.2, 0) is 4.79 Å². The summed E-state index contributed by atoms with van der Waals surface area (Å²) in [5, 5.41) is 0. The highest BCUT2D eigenvalue weighted by Gasteiger charge is 2.30. The molecule has 2 rings (SSSR count). The lowest BCUT2D eigenvalue weighted by Crippen LogP contribution is -2.45. The molecule has 0 aromatic rings. The zero-order valence-electron chi connectivity index (χ0n) is 12.2. The van der Waals surface area contributed by atoms with Gasteiger partial charge in [-0.15, -0.1) is 0 Å². The van der Waals surface area contributed by atoms with Gasteiger partial charge in [0.25, 0.3) is 0 Å². The van der Waals surface area contributed by atoms with E-state index < -0.39 is 0 Å². The van der Waals surface area contributed by atoms with Gasteiger partial charge in [-0.1, -0.05) is 20.8 Å². The van der Waals surface area contributed by atoms with Crippen LogP contribution in [0.4, 0.5) is 0 Å². The van der Waals surface area contributed by atoms with Crippen LogP contribution in [0.2, 0.25) is 0 Å². The van der Waals surface area contributed by atoms with Crippen molar-refractivity contribution in [3.8, 4) is 0 Å². The molecule has 2 fully saturated rings. The van der Waals surface area contributed by atoms with Crippen molar-refractivity contribution in [2.75, 3.05) is 32.7 Å². The number of rotatable bonds is 2. The van der Waals surface area contributed by atoms with Crippen LogP contribution < -0.4 is 0 Å². The van der Waals surface area contributed by atoms with Crippen molar-refractivity contribution in [1.29, 1.82) is 0 Å². The number of likely N-dealkylation sites (tertiary alicyclic amines) is 2. The van der Waals surface area contributed by atoms with Crippen molar-refractivity contribution in [2.24, 2.45) is 11.3 Å². The summed E-state index contributed by atoms with van der Waals surface area (Å²) in [6.45, 7) is 11.8. The molecule has 0 aromatic carbocycles. The van der Waals surface area contributed by atoms with E-state index in [9.17, 15) is 4.79 Å². The molecule has 18 heavy (non-hydrogen) atoms. The lowest BCUT2D eigenvalue weighted by Gasteiger charge is -2.36. The van der Waals surface area contributed by atoms with Crippen LogP contribution in [0.1, 0.15) is 46.5 Å². The number of piperidine rings is 1. The van der Waals surface area contributed by atoms with E-state index in [0.29, 0.717) is 5.91 Å². The minimum absolute atomic E-state index is 0.220. The number of hydrogen-bond acceptors (Lipinski definition) is 2. The first-order valence-electron chi connectivity index (χ1n) is 7.48. The number of hydrogen-bond donors (Lipinski definition) is 0. The van der Waals surface area contributed by atoms with E-state index in [0.717, 1.165) is 19.0 Å². The molecule has 0 aliphatic carbocycles. The molecule has 2 aliphatic heterocycles. The van der Waals surface area contributed by atoms with Gasteiger partial charge in [0.05, 0.1) is 0 Å². The molecule has 0 atom stereocenters. The van der Waals surface area contributed by atoms with E-state index in [1.165, 1.54) is 45.3 Å². The Bertz CT molecular complexity index is 281. The zero-order chi connectivity index (χ0) is 13.2. The third-order valence-electron chi connectivity index (χ3n) is 4.26. The second-order valence-electron chi connectivity index (χ2n) is 6.99. The maximum absolute atomic E-state index is 12.2. The number of nitrogens with zero attached hydrogens (tertiary/aromatic N) is 2. The topological polar surface area (TPSA) is 23.6 Å². The largest absolute Gasteiger partial charge is 0.342 e. The van der Waals surface area contributed by atoms with E-state index in [4.69, 9.17) is 0 Å². The Hall–Kier alpha value is -0.570. The molecule has 0 aromatic heterocycles. The smallest absolute Gasteiger partial charge is 0.227 e. The van der Waals surface area contributed by atoms with Crippen molar-refractivity contribution in [3.05, 3.63) is 0 Å². The van der Waals surface area contributed by atoms with Gasteiger partial charge in [-0.05, 0) is 44.7 Å². The first-order valence-corrected chi connectivity index (χ1v) is 7.48. The van der Waals surface area contributed by atoms with Crippen LogP contribution in [0.5, 0.6) is 0 Å². The van der Waals surface area contributed by atoms with Gasteiger partial charge in [0.1, 0.15) is 0 Å². The highest BCUT2D eigenvalue weighted by atomic mass is 16.2. The Morgan fingerprint density at radius 3 is 2.11 bits per heavy atom. The van der Waals surface area contributed by atoms with Crippen molar-refractivity contribution >= 4 is 5.91 Å². The van der Waals surface area contributed by atoms with Gasteiger partial charge in [-0.25, -0.2) is 0 Å². The zero-order valence-corrected chi connectivity index (χ0v) is 12.2. The van der Waals surface area contributed by atoms with Crippen LogP contribution in [0.15, 0.2) is 0 Å². The molecule has 0 bridgehead atoms. The summed E-state index contributed by atoms with van der Waals surface area (Å²) in [6, 6.07) is 0. The summed E-state index contributed by atoms with van der Waals surface area (Å²) >= 11 is 0. The normalized spacial score (nSPS) is 23.6. The van der Waals surface area contributed by atoms with Crippen LogP contribution >= 0.6 is 0 Å². The summed E-state index contributed by atoms with van der Waals surface area (Å²) in [7, 11) is 0. The fourth-order valence-corrected chi connectivity index (χ4v) is 3.12. The number of amides is 1. The molecule has 2 heterocycles. The van der Waals surface area contributed by atoms with Gasteiger partial charge in [0.15, 0.2) is 0 Å². The van der Waals surface area contributed by atoms with Crippen LogP contribution in [0.25, 0.3) is 0 Å². The van der Waals surface area contributed by atoms with E-state index in [1.54, 1.807) is 0 Å². The van der Waals surface area contributed by atoms with Gasteiger partial charge in [0, 0.05) is 25.0 Å². The molecule has 104 valence electrons. The van der Waals surface area contributed by atoms with Crippen LogP contribution in [-0.4, -0.2) is 48.4 Å². The Balaban J connectivity index is 1.75. The predicted octanol–water partition coefficient (Wildman–Crippen LogP) is 2.37.